The van der Waals surface area contributed by atoms with Crippen LogP contribution in [0, 0.1) is 0 Å². The zero-order valence-corrected chi connectivity index (χ0v) is 78.3. The van der Waals surface area contributed by atoms with Crippen LogP contribution < -0.4 is 0 Å². The van der Waals surface area contributed by atoms with E-state index in [-0.39, 0.29) is 5.41 Å². The predicted octanol–water partition coefficient (Wildman–Crippen LogP) is 40.0. The Morgan fingerprint density at radius 2 is 0.542 bits per heavy atom. The summed E-state index contributed by atoms with van der Waals surface area (Å²) in [7, 11) is 0. The number of thiophene rings is 1. The molecule has 30 aromatic rings. The van der Waals surface area contributed by atoms with Gasteiger partial charge in [-0.05, 0) is 336 Å². The molecule has 0 atom stereocenters. The number of hydrogen-bond donors (Lipinski definition) is 0. The highest BCUT2D eigenvalue weighted by molar-refractivity contribution is 7.26. The third-order valence-electron chi connectivity index (χ3n) is 32.5. The molecule has 0 fully saturated rings. The van der Waals surface area contributed by atoms with Gasteiger partial charge in [-0.1, -0.05) is 390 Å². The first kappa shape index (κ1) is 78.2. The molecular weight excluding hydrogens is 1730 g/mol. The Labute approximate surface area is 820 Å². The minimum Gasteiger partial charge on any atom is -0.456 e. The summed E-state index contributed by atoms with van der Waals surface area (Å²) in [6, 6.07) is 170. The van der Waals surface area contributed by atoms with E-state index >= 15 is 0 Å². The van der Waals surface area contributed by atoms with Crippen molar-refractivity contribution in [1.29, 1.82) is 0 Å². The SMILES string of the molecule is CC1(C)c2cc(-c3cccc4c3sc3ccccc34)ccc2-c2ccc3c4c(ccc1c24)-c1c-3c(-c2ccccc2)c2ccccc2c1-c1ccc(-c2cccc(-c3c4ccccc4c(-c4ccc(-c5cccc(-c6c7ccccc7c(-c7ccccc7)c7c8ccc9oc%10cc(-c%11ccc%12ccccc%12c%11)ccc%10c%10ccc(c67)c8c9%10)c5)cc4)c4c5ccc6oc7ccccc7c7ccc(c34)c5c67)c2)cc1. The maximum absolute atomic E-state index is 7.16. The summed E-state index contributed by atoms with van der Waals surface area (Å²) in [6.45, 7) is 4.92. The molecule has 0 bridgehead atoms. The molecule has 0 spiro atoms. The van der Waals surface area contributed by atoms with E-state index in [1.807, 2.05) is 11.3 Å². The normalized spacial score (nSPS) is 12.9. The fourth-order valence-electron chi connectivity index (χ4n) is 26.3. The molecule has 32 rings (SSSR count). The number of para-hydroxylation sites is 1. The van der Waals surface area contributed by atoms with Crippen molar-refractivity contribution in [3.63, 3.8) is 0 Å². The molecule has 27 aromatic carbocycles. The first-order valence-electron chi connectivity index (χ1n) is 49.5. The fraction of sp³-hybridized carbons (Fsp3) is 0.0216. The molecule has 0 N–H and O–H groups in total. The lowest BCUT2D eigenvalue weighted by Gasteiger charge is -2.36. The van der Waals surface area contributed by atoms with Crippen molar-refractivity contribution in [1.82, 2.24) is 0 Å². The van der Waals surface area contributed by atoms with Gasteiger partial charge in [0.05, 0.1) is 0 Å². The van der Waals surface area contributed by atoms with Gasteiger partial charge in [-0.2, -0.15) is 0 Å². The van der Waals surface area contributed by atoms with Crippen LogP contribution in [0.3, 0.4) is 0 Å². The van der Waals surface area contributed by atoms with E-state index in [0.717, 1.165) is 88.4 Å². The molecule has 0 saturated carbocycles. The van der Waals surface area contributed by atoms with Gasteiger partial charge in [0.2, 0.25) is 0 Å². The summed E-state index contributed by atoms with van der Waals surface area (Å²) in [4.78, 5) is 0. The highest BCUT2D eigenvalue weighted by Crippen LogP contribution is 2.64. The Kier molecular flexibility index (Phi) is 16.0. The minimum absolute atomic E-state index is 0.308. The van der Waals surface area contributed by atoms with Gasteiger partial charge in [0.15, 0.2) is 0 Å². The molecule has 0 aliphatic heterocycles. The predicted molar refractivity (Wildman–Crippen MR) is 605 cm³/mol. The second-order valence-corrected chi connectivity index (χ2v) is 41.0. The van der Waals surface area contributed by atoms with Crippen LogP contribution in [0.2, 0.25) is 0 Å². The standard InChI is InChI=1S/C139H80O2S/c1-139(2)113-69-66-110-126-107(63-60-103(129(113)126)93-58-57-89(75-114(93)139)92-42-23-43-106-96-35-18-20-45-119(96)142-138(92)106)132-120(80-25-5-3-6-26-80)97-36-11-12-37-98(97)122(133(110)132)82-51-46-78(47-52-82)86-31-22-33-91(74-86)125-102-41-16-14-39-100(102)123(135-112-67-70-116-130-104(61-64-108(127(112)130)137(125)135)94-34-17-19-44-115(94)140-116)83-53-48-79(49-54-83)85-30-21-32-90(73-85)124-101-40-15-13-38-99(101)121(81-27-7-4-8-28-81)134-111-68-71-117-131-105(62-65-109(128(111)131)136(124)134)95-59-56-88(76-118(95)141-117)87-55-50-77-24-9-10-29-84(77)72-87/h3-76H,1-2H3. The highest BCUT2D eigenvalue weighted by Gasteiger charge is 2.40. The number of hydrogen-bond acceptors (Lipinski definition) is 3. The minimum atomic E-state index is -0.308. The largest absolute Gasteiger partial charge is 0.456 e. The van der Waals surface area contributed by atoms with E-state index in [1.54, 1.807) is 0 Å². The van der Waals surface area contributed by atoms with Gasteiger partial charge in [-0.3, -0.25) is 0 Å². The fourth-order valence-corrected chi connectivity index (χ4v) is 27.6. The Hall–Kier alpha value is -17.9. The van der Waals surface area contributed by atoms with Gasteiger partial charge in [0, 0.05) is 57.9 Å². The molecule has 654 valence electrons. The van der Waals surface area contributed by atoms with Crippen molar-refractivity contribution in [3.8, 4) is 145 Å². The topological polar surface area (TPSA) is 26.3 Å². The average molecular weight is 1810 g/mol. The lowest BCUT2D eigenvalue weighted by Crippen LogP contribution is -2.23. The molecule has 0 radical (unpaired) electrons. The van der Waals surface area contributed by atoms with Crippen LogP contribution in [0.25, 0.3) is 327 Å². The lowest BCUT2D eigenvalue weighted by atomic mass is 9.67. The first-order chi connectivity index (χ1) is 70.2. The molecule has 0 unspecified atom stereocenters. The van der Waals surface area contributed by atoms with E-state index in [9.17, 15) is 0 Å². The van der Waals surface area contributed by atoms with Crippen LogP contribution in [0.15, 0.2) is 458 Å². The van der Waals surface area contributed by atoms with Gasteiger partial charge in [0.25, 0.3) is 0 Å². The Morgan fingerprint density at radius 1 is 0.162 bits per heavy atom. The lowest BCUT2D eigenvalue weighted by molar-refractivity contribution is 0.645. The van der Waals surface area contributed by atoms with Crippen molar-refractivity contribution < 1.29 is 8.83 Å². The molecule has 3 heteroatoms. The summed E-state index contributed by atoms with van der Waals surface area (Å²) in [6.07, 6.45) is 0. The molecule has 2 nitrogen and oxygen atoms in total. The summed E-state index contributed by atoms with van der Waals surface area (Å²) >= 11 is 1.91. The molecule has 142 heavy (non-hydrogen) atoms. The average Bonchev–Trinajstić information content (AvgIpc) is 1.51. The van der Waals surface area contributed by atoms with E-state index in [4.69, 9.17) is 8.83 Å². The highest BCUT2D eigenvalue weighted by atomic mass is 32.1. The summed E-state index contributed by atoms with van der Waals surface area (Å²) in [5.41, 5.74) is 37.7. The second kappa shape index (κ2) is 29.1. The molecule has 2 aliphatic carbocycles. The monoisotopic (exact) mass is 1810 g/mol. The van der Waals surface area contributed by atoms with Gasteiger partial charge in [-0.15, -0.1) is 11.3 Å². The van der Waals surface area contributed by atoms with Gasteiger partial charge in [-0.25, -0.2) is 0 Å². The van der Waals surface area contributed by atoms with Gasteiger partial charge < -0.3 is 8.83 Å². The summed E-state index contributed by atoms with van der Waals surface area (Å²) < 4.78 is 16.8. The molecule has 0 amide bonds. The molecule has 0 saturated heterocycles. The summed E-state index contributed by atoms with van der Waals surface area (Å²) in [5.74, 6) is 0. The quantitative estimate of drug-likeness (QED) is 0.101. The molecule has 2 aliphatic rings. The Balaban J connectivity index is 0.534. The molecular formula is C139H80O2S. The Morgan fingerprint density at radius 3 is 1.13 bits per heavy atom. The number of fused-ring (bicyclic) bond motifs is 22. The van der Waals surface area contributed by atoms with E-state index in [0.29, 0.717) is 0 Å². The second-order valence-electron chi connectivity index (χ2n) is 39.9. The third kappa shape index (κ3) is 10.8. The van der Waals surface area contributed by atoms with Gasteiger partial charge >= 0.3 is 0 Å². The number of benzene rings is 25. The maximum Gasteiger partial charge on any atom is 0.135 e. The zero-order valence-electron chi connectivity index (χ0n) is 77.4. The van der Waals surface area contributed by atoms with Crippen molar-refractivity contribution in [2.75, 3.05) is 0 Å². The molecule has 3 aromatic heterocycles. The van der Waals surface area contributed by atoms with Crippen molar-refractivity contribution in [3.05, 3.63) is 460 Å². The van der Waals surface area contributed by atoms with E-state index < -0.39 is 0 Å². The first-order valence-corrected chi connectivity index (χ1v) is 50.3. The van der Waals surface area contributed by atoms with Crippen molar-refractivity contribution in [2.24, 2.45) is 0 Å². The van der Waals surface area contributed by atoms with Crippen molar-refractivity contribution in [2.45, 2.75) is 19.3 Å². The molecule has 3 heterocycles. The van der Waals surface area contributed by atoms with Crippen LogP contribution in [0.1, 0.15) is 25.0 Å². The Bertz CT molecular complexity index is 10800. The maximum atomic E-state index is 7.16. The van der Waals surface area contributed by atoms with Crippen LogP contribution >= 0.6 is 11.3 Å². The third-order valence-corrected chi connectivity index (χ3v) is 33.7. The summed E-state index contributed by atoms with van der Waals surface area (Å²) in [5, 5.41) is 34.3. The van der Waals surface area contributed by atoms with Gasteiger partial charge in [0.1, 0.15) is 22.3 Å². The van der Waals surface area contributed by atoms with Crippen LogP contribution in [0.4, 0.5) is 0 Å². The van der Waals surface area contributed by atoms with Crippen LogP contribution in [-0.4, -0.2) is 0 Å². The van der Waals surface area contributed by atoms with E-state index in [1.165, 1.54) is 250 Å². The zero-order chi connectivity index (χ0) is 92.7. The smallest absolute Gasteiger partial charge is 0.135 e. The van der Waals surface area contributed by atoms with Crippen LogP contribution in [0.5, 0.6) is 0 Å². The van der Waals surface area contributed by atoms with E-state index in [2.05, 4.69) is 463 Å². The van der Waals surface area contributed by atoms with Crippen LogP contribution in [-0.2, 0) is 5.41 Å². The number of rotatable bonds is 10. The van der Waals surface area contributed by atoms with Crippen molar-refractivity contribution >= 4 is 194 Å².